The lowest BCUT2D eigenvalue weighted by molar-refractivity contribution is 0.102. The van der Waals surface area contributed by atoms with Crippen molar-refractivity contribution in [2.45, 2.75) is 0 Å². The van der Waals surface area contributed by atoms with Gasteiger partial charge in [-0.1, -0.05) is 28.1 Å². The molecule has 0 saturated carbocycles. The zero-order chi connectivity index (χ0) is 12.3. The molecule has 1 amide bonds. The first-order chi connectivity index (χ1) is 8.16. The number of halogens is 1. The third kappa shape index (κ3) is 3.01. The summed E-state index contributed by atoms with van der Waals surface area (Å²) in [5, 5.41) is 2.78. The maximum Gasteiger partial charge on any atom is 0.258 e. The first-order valence-corrected chi connectivity index (χ1v) is 6.11. The van der Waals surface area contributed by atoms with E-state index in [4.69, 9.17) is 12.2 Å². The number of nitrogens with one attached hydrogen (secondary N) is 2. The number of hydrogen-bond donors (Lipinski definition) is 2. The summed E-state index contributed by atoms with van der Waals surface area (Å²) in [5.74, 6) is -0.214. The van der Waals surface area contributed by atoms with E-state index in [9.17, 15) is 4.79 Å². The van der Waals surface area contributed by atoms with Crippen molar-refractivity contribution < 1.29 is 4.79 Å². The number of aromatic nitrogens is 1. The largest absolute Gasteiger partial charge is 0.352 e. The van der Waals surface area contributed by atoms with Crippen LogP contribution in [0.5, 0.6) is 0 Å². The van der Waals surface area contributed by atoms with Gasteiger partial charge in [0.2, 0.25) is 0 Å². The number of hydrogen-bond acceptors (Lipinski definition) is 2. The van der Waals surface area contributed by atoms with Crippen molar-refractivity contribution in [3.8, 4) is 0 Å². The predicted molar refractivity (Wildman–Crippen MR) is 73.7 cm³/mol. The van der Waals surface area contributed by atoms with Gasteiger partial charge in [0.1, 0.15) is 4.64 Å². The van der Waals surface area contributed by atoms with Gasteiger partial charge < -0.3 is 10.3 Å². The number of carbonyl (C=O) groups excluding carboxylic acids is 1. The molecule has 1 heterocycles. The third-order valence-electron chi connectivity index (χ3n) is 2.16. The number of pyridine rings is 1. The van der Waals surface area contributed by atoms with Gasteiger partial charge in [0.05, 0.1) is 5.56 Å². The molecule has 1 aromatic carbocycles. The van der Waals surface area contributed by atoms with Crippen LogP contribution in [0.2, 0.25) is 0 Å². The van der Waals surface area contributed by atoms with Gasteiger partial charge in [0, 0.05) is 16.4 Å². The molecule has 3 nitrogen and oxygen atoms in total. The summed E-state index contributed by atoms with van der Waals surface area (Å²) in [6, 6.07) is 10.8. The Hall–Kier alpha value is -1.46. The highest BCUT2D eigenvalue weighted by Crippen LogP contribution is 2.15. The number of benzene rings is 1. The van der Waals surface area contributed by atoms with E-state index < -0.39 is 0 Å². The molecule has 0 spiro atoms. The Bertz CT molecular complexity index is 592. The van der Waals surface area contributed by atoms with Crippen LogP contribution in [0.15, 0.2) is 47.1 Å². The molecule has 2 rings (SSSR count). The molecule has 0 atom stereocenters. The summed E-state index contributed by atoms with van der Waals surface area (Å²) in [7, 11) is 0. The third-order valence-corrected chi connectivity index (χ3v) is 3.03. The molecule has 17 heavy (non-hydrogen) atoms. The van der Waals surface area contributed by atoms with Crippen LogP contribution in [0.4, 0.5) is 5.69 Å². The summed E-state index contributed by atoms with van der Waals surface area (Å²) >= 11 is 8.38. The SMILES string of the molecule is O=C(Nc1ccc(Br)cc1)c1ccc[nH]c1=S. The van der Waals surface area contributed by atoms with Gasteiger partial charge in [-0.3, -0.25) is 4.79 Å². The first kappa shape index (κ1) is 12.0. The topological polar surface area (TPSA) is 44.9 Å². The summed E-state index contributed by atoms with van der Waals surface area (Å²) in [4.78, 5) is 14.7. The fourth-order valence-electron chi connectivity index (χ4n) is 1.33. The minimum Gasteiger partial charge on any atom is -0.352 e. The van der Waals surface area contributed by atoms with Gasteiger partial charge in [0.15, 0.2) is 0 Å². The summed E-state index contributed by atoms with van der Waals surface area (Å²) < 4.78 is 1.40. The van der Waals surface area contributed by atoms with Crippen molar-refractivity contribution in [1.82, 2.24) is 4.98 Å². The number of anilines is 1. The second-order valence-corrected chi connectivity index (χ2v) is 4.70. The van der Waals surface area contributed by atoms with Crippen molar-refractivity contribution in [3.05, 3.63) is 57.3 Å². The number of H-pyrrole nitrogens is 1. The summed E-state index contributed by atoms with van der Waals surface area (Å²) in [6.07, 6.45) is 1.69. The van der Waals surface area contributed by atoms with E-state index in [0.717, 1.165) is 10.2 Å². The second-order valence-electron chi connectivity index (χ2n) is 3.37. The molecule has 0 bridgehead atoms. The Kier molecular flexibility index (Phi) is 3.71. The predicted octanol–water partition coefficient (Wildman–Crippen LogP) is 3.76. The maximum atomic E-state index is 11.9. The van der Waals surface area contributed by atoms with Gasteiger partial charge in [-0.2, -0.15) is 0 Å². The van der Waals surface area contributed by atoms with Crippen LogP contribution in [-0.2, 0) is 0 Å². The van der Waals surface area contributed by atoms with E-state index in [2.05, 4.69) is 26.2 Å². The Balaban J connectivity index is 2.20. The summed E-state index contributed by atoms with van der Waals surface area (Å²) in [6.45, 7) is 0. The summed E-state index contributed by atoms with van der Waals surface area (Å²) in [5.41, 5.74) is 1.20. The van der Waals surface area contributed by atoms with Gasteiger partial charge in [0.25, 0.3) is 5.91 Å². The monoisotopic (exact) mass is 308 g/mol. The molecule has 0 unspecified atom stereocenters. The van der Waals surface area contributed by atoms with Crippen LogP contribution in [0.1, 0.15) is 10.4 Å². The van der Waals surface area contributed by atoms with Crippen molar-refractivity contribution in [2.75, 3.05) is 5.32 Å². The standard InChI is InChI=1S/C12H9BrN2OS/c13-8-3-5-9(6-4-8)15-11(16)10-2-1-7-14-12(10)17/h1-7H,(H,14,17)(H,15,16). The molecule has 1 aromatic heterocycles. The Morgan fingerprint density at radius 2 is 1.94 bits per heavy atom. The smallest absolute Gasteiger partial charge is 0.258 e. The molecule has 0 aliphatic carbocycles. The normalized spacial score (nSPS) is 9.94. The van der Waals surface area contributed by atoms with Gasteiger partial charge in [-0.15, -0.1) is 0 Å². The lowest BCUT2D eigenvalue weighted by atomic mass is 10.2. The molecular weight excluding hydrogens is 300 g/mol. The quantitative estimate of drug-likeness (QED) is 0.830. The molecule has 86 valence electrons. The van der Waals surface area contributed by atoms with Crippen LogP contribution in [0.3, 0.4) is 0 Å². The molecule has 0 aliphatic heterocycles. The molecule has 0 saturated heterocycles. The molecule has 2 N–H and O–H groups in total. The van der Waals surface area contributed by atoms with Crippen LogP contribution >= 0.6 is 28.1 Å². The van der Waals surface area contributed by atoms with Crippen LogP contribution in [-0.4, -0.2) is 10.9 Å². The highest BCUT2D eigenvalue weighted by Gasteiger charge is 2.07. The van der Waals surface area contributed by atoms with Gasteiger partial charge in [-0.05, 0) is 36.4 Å². The van der Waals surface area contributed by atoms with Crippen molar-refractivity contribution in [2.24, 2.45) is 0 Å². The van der Waals surface area contributed by atoms with E-state index in [1.165, 1.54) is 0 Å². The molecule has 0 aliphatic rings. The minimum atomic E-state index is -0.214. The fourth-order valence-corrected chi connectivity index (χ4v) is 1.83. The van der Waals surface area contributed by atoms with E-state index >= 15 is 0 Å². The van der Waals surface area contributed by atoms with Gasteiger partial charge in [-0.25, -0.2) is 0 Å². The maximum absolute atomic E-state index is 11.9. The Morgan fingerprint density at radius 1 is 1.24 bits per heavy atom. The highest BCUT2D eigenvalue weighted by atomic mass is 79.9. The molecule has 0 radical (unpaired) electrons. The van der Waals surface area contributed by atoms with Crippen LogP contribution in [0.25, 0.3) is 0 Å². The number of rotatable bonds is 2. The molecule has 0 fully saturated rings. The van der Waals surface area contributed by atoms with Gasteiger partial charge >= 0.3 is 0 Å². The number of amides is 1. The van der Waals surface area contributed by atoms with Crippen molar-refractivity contribution >= 4 is 39.7 Å². The zero-order valence-electron chi connectivity index (χ0n) is 8.74. The van der Waals surface area contributed by atoms with E-state index in [1.54, 1.807) is 18.3 Å². The van der Waals surface area contributed by atoms with E-state index in [0.29, 0.717) is 10.2 Å². The lowest BCUT2D eigenvalue weighted by Gasteiger charge is -2.05. The highest BCUT2D eigenvalue weighted by molar-refractivity contribution is 9.10. The van der Waals surface area contributed by atoms with E-state index in [1.807, 2.05) is 24.3 Å². The van der Waals surface area contributed by atoms with Crippen LogP contribution in [0, 0.1) is 4.64 Å². The lowest BCUT2D eigenvalue weighted by Crippen LogP contribution is -2.12. The molecule has 2 aromatic rings. The fraction of sp³-hybridized carbons (Fsp3) is 0. The number of carbonyl (C=O) groups is 1. The average Bonchev–Trinajstić information content (AvgIpc) is 2.32. The Morgan fingerprint density at radius 3 is 2.59 bits per heavy atom. The Labute approximate surface area is 112 Å². The van der Waals surface area contributed by atoms with Crippen molar-refractivity contribution in [3.63, 3.8) is 0 Å². The van der Waals surface area contributed by atoms with Crippen LogP contribution < -0.4 is 5.32 Å². The zero-order valence-corrected chi connectivity index (χ0v) is 11.1. The number of aromatic amines is 1. The van der Waals surface area contributed by atoms with Crippen molar-refractivity contribution in [1.29, 1.82) is 0 Å². The molecular formula is C12H9BrN2OS. The first-order valence-electron chi connectivity index (χ1n) is 4.91. The molecule has 5 heteroatoms. The minimum absolute atomic E-state index is 0.214. The van der Waals surface area contributed by atoms with E-state index in [-0.39, 0.29) is 5.91 Å². The second kappa shape index (κ2) is 5.25. The average molecular weight is 309 g/mol.